The Morgan fingerprint density at radius 3 is 2.43 bits per heavy atom. The van der Waals surface area contributed by atoms with Gasteiger partial charge in [-0.3, -0.25) is 0 Å². The van der Waals surface area contributed by atoms with Crippen LogP contribution in [0.2, 0.25) is 0 Å². The second kappa shape index (κ2) is 7.82. The third kappa shape index (κ3) is 4.32. The smallest absolute Gasteiger partial charge is 0.337 e. The summed E-state index contributed by atoms with van der Waals surface area (Å²) < 4.78 is 4.76. The van der Waals surface area contributed by atoms with Crippen molar-refractivity contribution in [3.8, 4) is 0 Å². The summed E-state index contributed by atoms with van der Waals surface area (Å²) >= 11 is 0. The lowest BCUT2D eigenvalue weighted by Crippen LogP contribution is -2.00. The fraction of sp³-hybridized carbons (Fsp3) is 0.421. The van der Waals surface area contributed by atoms with Gasteiger partial charge < -0.3 is 4.74 Å². The molecule has 0 saturated heterocycles. The second-order valence-corrected chi connectivity index (χ2v) is 5.55. The molecule has 2 nitrogen and oxygen atoms in total. The molecule has 0 atom stereocenters. The van der Waals surface area contributed by atoms with Crippen molar-refractivity contribution in [2.75, 3.05) is 7.11 Å². The van der Waals surface area contributed by atoms with Gasteiger partial charge in [-0.2, -0.15) is 0 Å². The van der Waals surface area contributed by atoms with Crippen LogP contribution in [0, 0.1) is 0 Å². The Hall–Kier alpha value is -1.83. The number of methoxy groups -OCH3 is 1. The van der Waals surface area contributed by atoms with Crippen molar-refractivity contribution >= 4 is 16.7 Å². The van der Waals surface area contributed by atoms with Crippen LogP contribution < -0.4 is 0 Å². The first-order chi connectivity index (χ1) is 10.2. The highest BCUT2D eigenvalue weighted by Crippen LogP contribution is 2.20. The first-order valence-corrected chi connectivity index (χ1v) is 7.85. The molecule has 0 saturated carbocycles. The van der Waals surface area contributed by atoms with Gasteiger partial charge in [0.05, 0.1) is 12.7 Å². The molecule has 0 aromatic heterocycles. The van der Waals surface area contributed by atoms with Crippen LogP contribution in [0.3, 0.4) is 0 Å². The van der Waals surface area contributed by atoms with Crippen LogP contribution in [0.25, 0.3) is 10.8 Å². The van der Waals surface area contributed by atoms with Gasteiger partial charge in [-0.1, -0.05) is 56.9 Å². The van der Waals surface area contributed by atoms with Crippen molar-refractivity contribution in [3.05, 3.63) is 47.5 Å². The van der Waals surface area contributed by atoms with Gasteiger partial charge in [0, 0.05) is 0 Å². The van der Waals surface area contributed by atoms with Crippen LogP contribution in [0.15, 0.2) is 36.4 Å². The van der Waals surface area contributed by atoms with Crippen molar-refractivity contribution in [2.45, 2.75) is 45.4 Å². The molecule has 0 amide bonds. The van der Waals surface area contributed by atoms with E-state index in [0.29, 0.717) is 5.56 Å². The van der Waals surface area contributed by atoms with Gasteiger partial charge in [0.15, 0.2) is 0 Å². The van der Waals surface area contributed by atoms with Crippen molar-refractivity contribution in [1.82, 2.24) is 0 Å². The van der Waals surface area contributed by atoms with Crippen LogP contribution in [-0.4, -0.2) is 13.1 Å². The van der Waals surface area contributed by atoms with Gasteiger partial charge in [-0.25, -0.2) is 4.79 Å². The van der Waals surface area contributed by atoms with E-state index in [1.165, 1.54) is 50.2 Å². The maximum atomic E-state index is 11.5. The lowest BCUT2D eigenvalue weighted by atomic mass is 10.0. The highest BCUT2D eigenvalue weighted by Gasteiger charge is 2.06. The van der Waals surface area contributed by atoms with Gasteiger partial charge in [0.1, 0.15) is 0 Å². The fourth-order valence-corrected chi connectivity index (χ4v) is 2.63. The standard InChI is InChI=1S/C19H24O2/c1-3-4-5-6-7-8-15-9-10-17-14-18(19(20)21-2)12-11-16(17)13-15/h9-14H,3-8H2,1-2H3. The normalized spacial score (nSPS) is 10.8. The Kier molecular flexibility index (Phi) is 5.79. The first-order valence-electron chi connectivity index (χ1n) is 7.85. The average molecular weight is 284 g/mol. The summed E-state index contributed by atoms with van der Waals surface area (Å²) in [6.45, 7) is 2.24. The maximum absolute atomic E-state index is 11.5. The van der Waals surface area contributed by atoms with Crippen LogP contribution >= 0.6 is 0 Å². The molecule has 0 aliphatic carbocycles. The number of hydrogen-bond acceptors (Lipinski definition) is 2. The minimum atomic E-state index is -0.281. The lowest BCUT2D eigenvalue weighted by molar-refractivity contribution is 0.0601. The Labute approximate surface area is 127 Å². The molecule has 2 aromatic carbocycles. The maximum Gasteiger partial charge on any atom is 0.337 e. The van der Waals surface area contributed by atoms with E-state index >= 15 is 0 Å². The predicted octanol–water partition coefficient (Wildman–Crippen LogP) is 5.14. The molecular weight excluding hydrogens is 260 g/mol. The largest absolute Gasteiger partial charge is 0.465 e. The number of rotatable bonds is 7. The molecule has 2 aromatic rings. The number of esters is 1. The summed E-state index contributed by atoms with van der Waals surface area (Å²) in [6, 6.07) is 12.2. The van der Waals surface area contributed by atoms with Gasteiger partial charge >= 0.3 is 5.97 Å². The molecule has 2 heteroatoms. The van der Waals surface area contributed by atoms with Crippen LogP contribution in [-0.2, 0) is 11.2 Å². The third-order valence-corrected chi connectivity index (χ3v) is 3.89. The molecule has 0 fully saturated rings. The van der Waals surface area contributed by atoms with Gasteiger partial charge in [0.25, 0.3) is 0 Å². The van der Waals surface area contributed by atoms with Gasteiger partial charge in [-0.15, -0.1) is 0 Å². The molecule has 112 valence electrons. The average Bonchev–Trinajstić information content (AvgIpc) is 2.53. The van der Waals surface area contributed by atoms with E-state index in [1.807, 2.05) is 18.2 Å². The minimum absolute atomic E-state index is 0.281. The zero-order chi connectivity index (χ0) is 15.1. The highest BCUT2D eigenvalue weighted by atomic mass is 16.5. The van der Waals surface area contributed by atoms with Crippen molar-refractivity contribution < 1.29 is 9.53 Å². The number of carbonyl (C=O) groups is 1. The molecule has 0 radical (unpaired) electrons. The summed E-state index contributed by atoms with van der Waals surface area (Å²) in [6.07, 6.45) is 7.68. The first kappa shape index (κ1) is 15.6. The highest BCUT2D eigenvalue weighted by molar-refractivity contribution is 5.95. The Morgan fingerprint density at radius 2 is 1.67 bits per heavy atom. The van der Waals surface area contributed by atoms with Gasteiger partial charge in [-0.05, 0) is 41.3 Å². The van der Waals surface area contributed by atoms with E-state index in [-0.39, 0.29) is 5.97 Å². The zero-order valence-corrected chi connectivity index (χ0v) is 13.0. The van der Waals surface area contributed by atoms with E-state index in [2.05, 4.69) is 25.1 Å². The Balaban J connectivity index is 2.03. The monoisotopic (exact) mass is 284 g/mol. The summed E-state index contributed by atoms with van der Waals surface area (Å²) in [4.78, 5) is 11.5. The second-order valence-electron chi connectivity index (χ2n) is 5.55. The number of aryl methyl sites for hydroxylation is 1. The lowest BCUT2D eigenvalue weighted by Gasteiger charge is -2.06. The number of benzene rings is 2. The number of hydrogen-bond donors (Lipinski definition) is 0. The van der Waals surface area contributed by atoms with Gasteiger partial charge in [0.2, 0.25) is 0 Å². The van der Waals surface area contributed by atoms with E-state index in [1.54, 1.807) is 0 Å². The number of fused-ring (bicyclic) bond motifs is 1. The van der Waals surface area contributed by atoms with Crippen LogP contribution in [0.4, 0.5) is 0 Å². The SMILES string of the molecule is CCCCCCCc1ccc2cc(C(=O)OC)ccc2c1. The predicted molar refractivity (Wildman–Crippen MR) is 87.8 cm³/mol. The summed E-state index contributed by atoms with van der Waals surface area (Å²) in [5.74, 6) is -0.281. The van der Waals surface area contributed by atoms with Crippen LogP contribution in [0.5, 0.6) is 0 Å². The zero-order valence-electron chi connectivity index (χ0n) is 13.0. The molecule has 2 rings (SSSR count). The molecule has 0 unspecified atom stereocenters. The van der Waals surface area contributed by atoms with E-state index < -0.39 is 0 Å². The molecule has 0 aliphatic rings. The quantitative estimate of drug-likeness (QED) is 0.520. The Morgan fingerprint density at radius 1 is 0.952 bits per heavy atom. The van der Waals surface area contributed by atoms with E-state index in [9.17, 15) is 4.79 Å². The van der Waals surface area contributed by atoms with Crippen molar-refractivity contribution in [2.24, 2.45) is 0 Å². The number of carbonyl (C=O) groups excluding carboxylic acids is 1. The molecule has 0 bridgehead atoms. The van der Waals surface area contributed by atoms with E-state index in [0.717, 1.165) is 11.8 Å². The van der Waals surface area contributed by atoms with E-state index in [4.69, 9.17) is 4.74 Å². The molecule has 0 spiro atoms. The van der Waals surface area contributed by atoms with Crippen molar-refractivity contribution in [3.63, 3.8) is 0 Å². The minimum Gasteiger partial charge on any atom is -0.465 e. The molecule has 0 aliphatic heterocycles. The van der Waals surface area contributed by atoms with Crippen LogP contribution in [0.1, 0.15) is 54.9 Å². The fourth-order valence-electron chi connectivity index (χ4n) is 2.63. The molecule has 0 N–H and O–H groups in total. The topological polar surface area (TPSA) is 26.3 Å². The molecule has 0 heterocycles. The summed E-state index contributed by atoms with van der Waals surface area (Å²) in [5, 5.41) is 2.28. The molecular formula is C19H24O2. The number of unbranched alkanes of at least 4 members (excludes halogenated alkanes) is 4. The third-order valence-electron chi connectivity index (χ3n) is 3.89. The Bertz CT molecular complexity index is 602. The molecule has 21 heavy (non-hydrogen) atoms. The summed E-state index contributed by atoms with van der Waals surface area (Å²) in [5.41, 5.74) is 1.99. The number of ether oxygens (including phenoxy) is 1. The summed E-state index contributed by atoms with van der Waals surface area (Å²) in [7, 11) is 1.41. The van der Waals surface area contributed by atoms with Crippen molar-refractivity contribution in [1.29, 1.82) is 0 Å².